The first-order chi connectivity index (χ1) is 11.2. The van der Waals surface area contributed by atoms with Gasteiger partial charge in [0.15, 0.2) is 11.5 Å². The SMILES string of the molecule is COc1cc(CNC2CC2)cc(Cl)c1OCc1ccccc1Cl.Cl. The molecule has 0 heterocycles. The number of benzene rings is 2. The molecule has 0 radical (unpaired) electrons. The van der Waals surface area contributed by atoms with Crippen molar-refractivity contribution in [2.24, 2.45) is 0 Å². The Morgan fingerprint density at radius 1 is 1.12 bits per heavy atom. The molecule has 1 aliphatic carbocycles. The number of hydrogen-bond donors (Lipinski definition) is 1. The Labute approximate surface area is 158 Å². The lowest BCUT2D eigenvalue weighted by Crippen LogP contribution is -2.15. The number of halogens is 3. The number of nitrogens with one attached hydrogen (secondary N) is 1. The van der Waals surface area contributed by atoms with Crippen molar-refractivity contribution >= 4 is 35.6 Å². The van der Waals surface area contributed by atoms with Crippen LogP contribution < -0.4 is 14.8 Å². The zero-order valence-corrected chi connectivity index (χ0v) is 15.7. The second kappa shape index (κ2) is 8.82. The Kier molecular flexibility index (Phi) is 7.05. The number of methoxy groups -OCH3 is 1. The molecule has 3 nitrogen and oxygen atoms in total. The first-order valence-electron chi connectivity index (χ1n) is 7.63. The van der Waals surface area contributed by atoms with Gasteiger partial charge in [-0.3, -0.25) is 0 Å². The van der Waals surface area contributed by atoms with E-state index in [1.165, 1.54) is 12.8 Å². The first kappa shape index (κ1) is 19.2. The summed E-state index contributed by atoms with van der Waals surface area (Å²) in [5.74, 6) is 1.18. The van der Waals surface area contributed by atoms with Crippen molar-refractivity contribution in [3.8, 4) is 11.5 Å². The molecule has 0 atom stereocenters. The molecule has 0 bridgehead atoms. The Balaban J connectivity index is 0.00000208. The fourth-order valence-corrected chi connectivity index (χ4v) is 2.81. The van der Waals surface area contributed by atoms with Crippen molar-refractivity contribution in [2.75, 3.05) is 7.11 Å². The summed E-state index contributed by atoms with van der Waals surface area (Å²) < 4.78 is 11.3. The van der Waals surface area contributed by atoms with Crippen molar-refractivity contribution in [1.82, 2.24) is 5.32 Å². The van der Waals surface area contributed by atoms with Gasteiger partial charge in [-0.15, -0.1) is 12.4 Å². The van der Waals surface area contributed by atoms with Crippen LogP contribution in [0.3, 0.4) is 0 Å². The third-order valence-electron chi connectivity index (χ3n) is 3.79. The molecule has 1 N–H and O–H groups in total. The lowest BCUT2D eigenvalue weighted by Gasteiger charge is -2.15. The molecule has 0 unspecified atom stereocenters. The van der Waals surface area contributed by atoms with E-state index < -0.39 is 0 Å². The summed E-state index contributed by atoms with van der Waals surface area (Å²) in [7, 11) is 1.62. The van der Waals surface area contributed by atoms with Crippen molar-refractivity contribution in [3.63, 3.8) is 0 Å². The average molecular weight is 389 g/mol. The highest BCUT2D eigenvalue weighted by atomic mass is 35.5. The maximum absolute atomic E-state index is 6.38. The monoisotopic (exact) mass is 387 g/mol. The highest BCUT2D eigenvalue weighted by Crippen LogP contribution is 2.37. The van der Waals surface area contributed by atoms with Crippen LogP contribution in [-0.4, -0.2) is 13.2 Å². The van der Waals surface area contributed by atoms with Crippen LogP contribution in [-0.2, 0) is 13.2 Å². The summed E-state index contributed by atoms with van der Waals surface area (Å²) in [6.45, 7) is 1.13. The van der Waals surface area contributed by atoms with Crippen LogP contribution in [0.2, 0.25) is 10.0 Å². The summed E-state index contributed by atoms with van der Waals surface area (Å²) in [6.07, 6.45) is 2.51. The Hall–Kier alpha value is -1.13. The van der Waals surface area contributed by atoms with Crippen LogP contribution in [0.15, 0.2) is 36.4 Å². The normalized spacial score (nSPS) is 13.3. The molecule has 1 fully saturated rings. The van der Waals surface area contributed by atoms with E-state index in [2.05, 4.69) is 5.32 Å². The van der Waals surface area contributed by atoms with E-state index in [0.29, 0.717) is 34.2 Å². The topological polar surface area (TPSA) is 30.5 Å². The van der Waals surface area contributed by atoms with E-state index in [4.69, 9.17) is 32.7 Å². The number of hydrogen-bond acceptors (Lipinski definition) is 3. The predicted octanol–water partition coefficient (Wildman–Crippen LogP) is 5.25. The molecule has 0 amide bonds. The summed E-state index contributed by atoms with van der Waals surface area (Å²) in [6, 6.07) is 12.1. The maximum atomic E-state index is 6.38. The van der Waals surface area contributed by atoms with Crippen molar-refractivity contribution in [1.29, 1.82) is 0 Å². The molecular formula is C18H20Cl3NO2. The largest absolute Gasteiger partial charge is 0.493 e. The molecule has 2 aromatic rings. The zero-order valence-electron chi connectivity index (χ0n) is 13.4. The van der Waals surface area contributed by atoms with Crippen molar-refractivity contribution in [2.45, 2.75) is 32.0 Å². The van der Waals surface area contributed by atoms with Gasteiger partial charge in [0.25, 0.3) is 0 Å². The fraction of sp³-hybridized carbons (Fsp3) is 0.333. The summed E-state index contributed by atoms with van der Waals surface area (Å²) >= 11 is 12.5. The molecule has 0 aromatic heterocycles. The summed E-state index contributed by atoms with van der Waals surface area (Å²) in [5, 5.41) is 4.68. The quantitative estimate of drug-likeness (QED) is 0.702. The van der Waals surface area contributed by atoms with Gasteiger partial charge in [0.1, 0.15) is 6.61 Å². The minimum absolute atomic E-state index is 0. The number of ether oxygens (including phenoxy) is 2. The minimum atomic E-state index is 0. The van der Waals surface area contributed by atoms with Gasteiger partial charge in [-0.2, -0.15) is 0 Å². The van der Waals surface area contributed by atoms with Gasteiger partial charge in [-0.05, 0) is 36.6 Å². The lowest BCUT2D eigenvalue weighted by atomic mass is 10.2. The Morgan fingerprint density at radius 2 is 1.88 bits per heavy atom. The van der Waals surface area contributed by atoms with Gasteiger partial charge in [-0.1, -0.05) is 41.4 Å². The molecule has 0 aliphatic heterocycles. The van der Waals surface area contributed by atoms with Gasteiger partial charge in [0.2, 0.25) is 0 Å². The second-order valence-electron chi connectivity index (χ2n) is 5.64. The van der Waals surface area contributed by atoms with Crippen LogP contribution in [0.5, 0.6) is 11.5 Å². The van der Waals surface area contributed by atoms with E-state index in [-0.39, 0.29) is 12.4 Å². The molecule has 3 rings (SSSR count). The zero-order chi connectivity index (χ0) is 16.2. The van der Waals surface area contributed by atoms with E-state index in [0.717, 1.165) is 17.7 Å². The van der Waals surface area contributed by atoms with Gasteiger partial charge < -0.3 is 14.8 Å². The second-order valence-corrected chi connectivity index (χ2v) is 6.46. The molecule has 0 spiro atoms. The molecule has 130 valence electrons. The Bertz CT molecular complexity index is 690. The Morgan fingerprint density at radius 3 is 2.54 bits per heavy atom. The third kappa shape index (κ3) is 4.93. The van der Waals surface area contributed by atoms with Crippen LogP contribution in [0.1, 0.15) is 24.0 Å². The van der Waals surface area contributed by atoms with Crippen LogP contribution in [0, 0.1) is 0 Å². The highest BCUT2D eigenvalue weighted by molar-refractivity contribution is 6.32. The molecule has 1 aliphatic rings. The molecule has 6 heteroatoms. The van der Waals surface area contributed by atoms with Crippen LogP contribution in [0.4, 0.5) is 0 Å². The van der Waals surface area contributed by atoms with Gasteiger partial charge in [0, 0.05) is 23.2 Å². The smallest absolute Gasteiger partial charge is 0.180 e. The highest BCUT2D eigenvalue weighted by Gasteiger charge is 2.20. The molecule has 24 heavy (non-hydrogen) atoms. The van der Waals surface area contributed by atoms with Gasteiger partial charge >= 0.3 is 0 Å². The maximum Gasteiger partial charge on any atom is 0.180 e. The summed E-state index contributed by atoms with van der Waals surface area (Å²) in [4.78, 5) is 0. The number of rotatable bonds is 7. The molecule has 0 saturated heterocycles. The van der Waals surface area contributed by atoms with Gasteiger partial charge in [0.05, 0.1) is 12.1 Å². The van der Waals surface area contributed by atoms with Crippen molar-refractivity contribution < 1.29 is 9.47 Å². The molecular weight excluding hydrogens is 369 g/mol. The van der Waals surface area contributed by atoms with E-state index in [9.17, 15) is 0 Å². The van der Waals surface area contributed by atoms with E-state index in [1.54, 1.807) is 7.11 Å². The van der Waals surface area contributed by atoms with Crippen LogP contribution >= 0.6 is 35.6 Å². The van der Waals surface area contributed by atoms with E-state index >= 15 is 0 Å². The van der Waals surface area contributed by atoms with E-state index in [1.807, 2.05) is 36.4 Å². The minimum Gasteiger partial charge on any atom is -0.493 e. The molecule has 2 aromatic carbocycles. The fourth-order valence-electron chi connectivity index (χ4n) is 2.33. The first-order valence-corrected chi connectivity index (χ1v) is 8.39. The van der Waals surface area contributed by atoms with Crippen molar-refractivity contribution in [3.05, 3.63) is 57.6 Å². The lowest BCUT2D eigenvalue weighted by molar-refractivity contribution is 0.284. The summed E-state index contributed by atoms with van der Waals surface area (Å²) in [5.41, 5.74) is 2.00. The molecule has 1 saturated carbocycles. The predicted molar refractivity (Wildman–Crippen MR) is 101 cm³/mol. The standard InChI is InChI=1S/C18H19Cl2NO2.ClH/c1-22-17-9-12(10-21-14-6-7-14)8-16(20)18(17)23-11-13-4-2-3-5-15(13)19;/h2-5,8-9,14,21H,6-7,10-11H2,1H3;1H. The average Bonchev–Trinajstić information content (AvgIpc) is 3.37. The third-order valence-corrected chi connectivity index (χ3v) is 4.44. The van der Waals surface area contributed by atoms with Gasteiger partial charge in [-0.25, -0.2) is 0 Å². The van der Waals surface area contributed by atoms with Crippen LogP contribution in [0.25, 0.3) is 0 Å².